The number of hydrogen-bond acceptors (Lipinski definition) is 2. The van der Waals surface area contributed by atoms with Gasteiger partial charge in [-0.2, -0.15) is 0 Å². The van der Waals surface area contributed by atoms with Gasteiger partial charge in [-0.3, -0.25) is 4.79 Å². The number of nitrogens with two attached hydrogens (primary N) is 1. The van der Waals surface area contributed by atoms with E-state index in [0.29, 0.717) is 0 Å². The third kappa shape index (κ3) is 3.22. The molecule has 0 saturated heterocycles. The number of rotatable bonds is 4. The molecular weight excluding hydrogens is 152 g/mol. The van der Waals surface area contributed by atoms with Crippen LogP contribution in [0.3, 0.4) is 0 Å². The van der Waals surface area contributed by atoms with Crippen molar-refractivity contribution in [1.29, 1.82) is 0 Å². The highest BCUT2D eigenvalue weighted by Crippen LogP contribution is 2.33. The Bertz CT molecular complexity index is 164. The van der Waals surface area contributed by atoms with Crippen LogP contribution in [0.2, 0.25) is 0 Å². The number of hydrogen-bond donors (Lipinski definition) is 2. The van der Waals surface area contributed by atoms with Crippen molar-refractivity contribution in [2.45, 2.75) is 45.2 Å². The van der Waals surface area contributed by atoms with E-state index in [9.17, 15) is 4.79 Å². The predicted molar refractivity (Wildman–Crippen MR) is 48.6 cm³/mol. The van der Waals surface area contributed by atoms with E-state index in [4.69, 9.17) is 5.73 Å². The van der Waals surface area contributed by atoms with Crippen molar-refractivity contribution >= 4 is 5.91 Å². The maximum absolute atomic E-state index is 11.1. The molecule has 70 valence electrons. The van der Waals surface area contributed by atoms with Crippen molar-refractivity contribution in [3.05, 3.63) is 0 Å². The molecule has 1 amide bonds. The van der Waals surface area contributed by atoms with Crippen molar-refractivity contribution in [3.8, 4) is 0 Å². The fourth-order valence-electron chi connectivity index (χ4n) is 1.29. The lowest BCUT2D eigenvalue weighted by molar-refractivity contribution is -0.122. The standard InChI is InChI=1S/C9H18N2O/c1-6(5-8-3-4-8)11-9(12)7(2)10/h6-8H,3-5,10H2,1-2H3,(H,11,12)/t6?,7-/m1/s1. The minimum atomic E-state index is -0.383. The highest BCUT2D eigenvalue weighted by molar-refractivity contribution is 5.81. The summed E-state index contributed by atoms with van der Waals surface area (Å²) in [6.07, 6.45) is 3.77. The van der Waals surface area contributed by atoms with Crippen LogP contribution in [-0.4, -0.2) is 18.0 Å². The van der Waals surface area contributed by atoms with Crippen molar-refractivity contribution < 1.29 is 4.79 Å². The topological polar surface area (TPSA) is 55.1 Å². The lowest BCUT2D eigenvalue weighted by Crippen LogP contribution is -2.42. The Hall–Kier alpha value is -0.570. The Morgan fingerprint density at radius 3 is 2.58 bits per heavy atom. The molecule has 3 N–H and O–H groups in total. The van der Waals surface area contributed by atoms with Crippen LogP contribution in [0.25, 0.3) is 0 Å². The Labute approximate surface area is 73.7 Å². The van der Waals surface area contributed by atoms with Gasteiger partial charge in [-0.15, -0.1) is 0 Å². The van der Waals surface area contributed by atoms with Crippen LogP contribution in [-0.2, 0) is 4.79 Å². The van der Waals surface area contributed by atoms with Crippen LogP contribution in [0.1, 0.15) is 33.1 Å². The third-order valence-corrected chi connectivity index (χ3v) is 2.19. The first-order valence-corrected chi connectivity index (χ1v) is 4.65. The van der Waals surface area contributed by atoms with Gasteiger partial charge in [0, 0.05) is 6.04 Å². The quantitative estimate of drug-likeness (QED) is 0.650. The molecule has 0 bridgehead atoms. The fraction of sp³-hybridized carbons (Fsp3) is 0.889. The van der Waals surface area contributed by atoms with E-state index in [1.54, 1.807) is 6.92 Å². The molecule has 1 saturated carbocycles. The van der Waals surface area contributed by atoms with E-state index in [-0.39, 0.29) is 18.0 Å². The van der Waals surface area contributed by atoms with Gasteiger partial charge in [-0.05, 0) is 26.2 Å². The largest absolute Gasteiger partial charge is 0.352 e. The van der Waals surface area contributed by atoms with Gasteiger partial charge in [0.25, 0.3) is 0 Å². The summed E-state index contributed by atoms with van der Waals surface area (Å²) in [6.45, 7) is 3.75. The lowest BCUT2D eigenvalue weighted by Gasteiger charge is -2.14. The van der Waals surface area contributed by atoms with Gasteiger partial charge >= 0.3 is 0 Å². The van der Waals surface area contributed by atoms with Gasteiger partial charge in [-0.25, -0.2) is 0 Å². The highest BCUT2D eigenvalue weighted by Gasteiger charge is 2.24. The van der Waals surface area contributed by atoms with Crippen LogP contribution in [0.4, 0.5) is 0 Å². The summed E-state index contributed by atoms with van der Waals surface area (Å²) in [5, 5.41) is 2.89. The van der Waals surface area contributed by atoms with Crippen molar-refractivity contribution in [2.75, 3.05) is 0 Å². The molecule has 3 heteroatoms. The van der Waals surface area contributed by atoms with E-state index in [1.807, 2.05) is 6.92 Å². The zero-order valence-electron chi connectivity index (χ0n) is 7.84. The first-order valence-electron chi connectivity index (χ1n) is 4.65. The number of amides is 1. The zero-order chi connectivity index (χ0) is 9.14. The fourth-order valence-corrected chi connectivity index (χ4v) is 1.29. The number of carbonyl (C=O) groups is 1. The summed E-state index contributed by atoms with van der Waals surface area (Å²) in [7, 11) is 0. The molecule has 0 aliphatic heterocycles. The lowest BCUT2D eigenvalue weighted by atomic mass is 10.1. The Kier molecular flexibility index (Phi) is 3.09. The van der Waals surface area contributed by atoms with Gasteiger partial charge in [0.15, 0.2) is 0 Å². The number of carbonyl (C=O) groups excluding carboxylic acids is 1. The van der Waals surface area contributed by atoms with E-state index >= 15 is 0 Å². The molecule has 3 nitrogen and oxygen atoms in total. The van der Waals surface area contributed by atoms with Gasteiger partial charge in [0.2, 0.25) is 5.91 Å². The predicted octanol–water partition coefficient (Wildman–Crippen LogP) is 0.638. The summed E-state index contributed by atoms with van der Waals surface area (Å²) in [6, 6.07) is -0.0948. The second-order valence-corrected chi connectivity index (χ2v) is 3.88. The second-order valence-electron chi connectivity index (χ2n) is 3.88. The molecule has 1 aliphatic carbocycles. The van der Waals surface area contributed by atoms with Gasteiger partial charge in [0.1, 0.15) is 0 Å². The second kappa shape index (κ2) is 3.90. The monoisotopic (exact) mass is 170 g/mol. The van der Waals surface area contributed by atoms with Crippen LogP contribution in [0.5, 0.6) is 0 Å². The normalized spacial score (nSPS) is 21.6. The summed E-state index contributed by atoms with van der Waals surface area (Å²) in [4.78, 5) is 11.1. The van der Waals surface area contributed by atoms with E-state index in [1.165, 1.54) is 12.8 Å². The molecule has 12 heavy (non-hydrogen) atoms. The zero-order valence-corrected chi connectivity index (χ0v) is 7.84. The molecule has 0 aromatic heterocycles. The molecule has 0 aromatic rings. The SMILES string of the molecule is CC(CC1CC1)NC(=O)[C@@H](C)N. The average Bonchev–Trinajstić information content (AvgIpc) is 2.71. The summed E-state index contributed by atoms with van der Waals surface area (Å²) >= 11 is 0. The van der Waals surface area contributed by atoms with Gasteiger partial charge < -0.3 is 11.1 Å². The molecule has 1 fully saturated rings. The Morgan fingerprint density at radius 1 is 1.58 bits per heavy atom. The molecule has 1 rings (SSSR count). The maximum Gasteiger partial charge on any atom is 0.236 e. The molecule has 0 aromatic carbocycles. The molecule has 0 radical (unpaired) electrons. The Morgan fingerprint density at radius 2 is 2.17 bits per heavy atom. The summed E-state index contributed by atoms with van der Waals surface area (Å²) in [5.41, 5.74) is 5.42. The molecule has 0 spiro atoms. The molecule has 2 atom stereocenters. The van der Waals surface area contributed by atoms with Crippen molar-refractivity contribution in [2.24, 2.45) is 11.7 Å². The Balaban J connectivity index is 2.15. The van der Waals surface area contributed by atoms with Crippen LogP contribution >= 0.6 is 0 Å². The van der Waals surface area contributed by atoms with E-state index in [0.717, 1.165) is 12.3 Å². The van der Waals surface area contributed by atoms with Crippen LogP contribution in [0, 0.1) is 5.92 Å². The van der Waals surface area contributed by atoms with Gasteiger partial charge in [-0.1, -0.05) is 12.8 Å². The summed E-state index contributed by atoms with van der Waals surface area (Å²) in [5.74, 6) is 0.816. The molecular formula is C9H18N2O. The van der Waals surface area contributed by atoms with Crippen LogP contribution in [0.15, 0.2) is 0 Å². The molecule has 0 heterocycles. The minimum Gasteiger partial charge on any atom is -0.352 e. The molecule has 1 aliphatic rings. The van der Waals surface area contributed by atoms with Crippen LogP contribution < -0.4 is 11.1 Å². The van der Waals surface area contributed by atoms with E-state index < -0.39 is 0 Å². The summed E-state index contributed by atoms with van der Waals surface area (Å²) < 4.78 is 0. The highest BCUT2D eigenvalue weighted by atomic mass is 16.2. The molecule has 1 unspecified atom stereocenters. The average molecular weight is 170 g/mol. The smallest absolute Gasteiger partial charge is 0.236 e. The van der Waals surface area contributed by atoms with E-state index in [2.05, 4.69) is 5.32 Å². The minimum absolute atomic E-state index is 0.0387. The van der Waals surface area contributed by atoms with Crippen molar-refractivity contribution in [3.63, 3.8) is 0 Å². The number of nitrogens with one attached hydrogen (secondary N) is 1. The van der Waals surface area contributed by atoms with Gasteiger partial charge in [0.05, 0.1) is 6.04 Å². The first kappa shape index (κ1) is 9.52. The third-order valence-electron chi connectivity index (χ3n) is 2.19. The maximum atomic E-state index is 11.1. The van der Waals surface area contributed by atoms with Crippen molar-refractivity contribution in [1.82, 2.24) is 5.32 Å². The first-order chi connectivity index (χ1) is 5.59.